The van der Waals surface area contributed by atoms with Crippen molar-refractivity contribution in [3.63, 3.8) is 0 Å². The molecule has 0 bridgehead atoms. The van der Waals surface area contributed by atoms with Crippen molar-refractivity contribution in [2.24, 2.45) is 0 Å². The van der Waals surface area contributed by atoms with E-state index < -0.39 is 0 Å². The molecule has 7 heteroatoms. The van der Waals surface area contributed by atoms with Crippen molar-refractivity contribution in [2.45, 2.75) is 25.8 Å². The first-order valence-corrected chi connectivity index (χ1v) is 10.6. The van der Waals surface area contributed by atoms with Gasteiger partial charge >= 0.3 is 0 Å². The Balaban J connectivity index is 1.79. The minimum absolute atomic E-state index is 0.0586. The molecule has 1 aliphatic rings. The Bertz CT molecular complexity index is 1010. The summed E-state index contributed by atoms with van der Waals surface area (Å²) in [6.45, 7) is 4.98. The average molecular weight is 439 g/mol. The van der Waals surface area contributed by atoms with Gasteiger partial charge in [-0.25, -0.2) is 0 Å². The van der Waals surface area contributed by atoms with E-state index in [0.717, 1.165) is 29.0 Å². The van der Waals surface area contributed by atoms with E-state index in [2.05, 4.69) is 24.5 Å². The molecule has 2 aromatic rings. The summed E-state index contributed by atoms with van der Waals surface area (Å²) in [4.78, 5) is 25.5. The van der Waals surface area contributed by atoms with E-state index in [1.807, 2.05) is 18.2 Å². The number of amides is 1. The molecule has 1 heterocycles. The third-order valence-corrected chi connectivity index (χ3v) is 5.16. The van der Waals surface area contributed by atoms with Gasteiger partial charge in [-0.2, -0.15) is 0 Å². The second-order valence-corrected chi connectivity index (χ2v) is 8.30. The molecule has 3 N–H and O–H groups in total. The Morgan fingerprint density at radius 2 is 1.94 bits per heavy atom. The number of aliphatic hydroxyl groups excluding tert-OH is 1. The van der Waals surface area contributed by atoms with E-state index in [0.29, 0.717) is 24.3 Å². The van der Waals surface area contributed by atoms with Crippen LogP contribution in [0.5, 0.6) is 5.75 Å². The number of fused-ring (bicyclic) bond motifs is 1. The number of ketones is 1. The molecule has 0 aliphatic carbocycles. The van der Waals surface area contributed by atoms with E-state index in [1.165, 1.54) is 0 Å². The van der Waals surface area contributed by atoms with Gasteiger partial charge in [-0.15, -0.1) is 0 Å². The molecule has 32 heavy (non-hydrogen) atoms. The summed E-state index contributed by atoms with van der Waals surface area (Å²) in [5.74, 6) is 0.247. The number of ether oxygens (including phenoxy) is 2. The molecule has 0 fully saturated rings. The molecule has 0 unspecified atom stereocenters. The van der Waals surface area contributed by atoms with E-state index >= 15 is 0 Å². The van der Waals surface area contributed by atoms with Crippen LogP contribution in [0, 0.1) is 0 Å². The Kier molecular flexibility index (Phi) is 7.66. The molecular weight excluding hydrogens is 408 g/mol. The minimum atomic E-state index is -0.285. The van der Waals surface area contributed by atoms with Crippen LogP contribution in [0.4, 0.5) is 0 Å². The number of allylic oxidation sites excluding steroid dienone is 1. The lowest BCUT2D eigenvalue weighted by atomic mass is 9.85. The van der Waals surface area contributed by atoms with Gasteiger partial charge in [0.05, 0.1) is 26.9 Å². The second-order valence-electron chi connectivity index (χ2n) is 8.30. The summed E-state index contributed by atoms with van der Waals surface area (Å²) in [5.41, 5.74) is 3.44. The van der Waals surface area contributed by atoms with Gasteiger partial charge in [0.1, 0.15) is 5.75 Å². The van der Waals surface area contributed by atoms with Crippen LogP contribution in [0.25, 0.3) is 5.70 Å². The standard InChI is InChI=1S/C25H30N2O5/c1-25(2)16-19-7-8-20(31-3)14-21(19)22(27-25)15-23(29)17-5-4-6-18(13-17)24(30)26-9-11-32-12-10-28/h4-8,13-15,27-28H,9-12,16H2,1-3H3,(H,26,30). The number of methoxy groups -OCH3 is 1. The van der Waals surface area contributed by atoms with Gasteiger partial charge in [0.15, 0.2) is 5.78 Å². The number of nitrogens with one attached hydrogen (secondary N) is 2. The topological polar surface area (TPSA) is 96.9 Å². The molecule has 170 valence electrons. The van der Waals surface area contributed by atoms with Crippen molar-refractivity contribution >= 4 is 17.4 Å². The van der Waals surface area contributed by atoms with Crippen LogP contribution >= 0.6 is 0 Å². The quantitative estimate of drug-likeness (QED) is 0.316. The smallest absolute Gasteiger partial charge is 0.251 e. The first-order chi connectivity index (χ1) is 15.3. The van der Waals surface area contributed by atoms with Crippen LogP contribution in [-0.4, -0.2) is 55.8 Å². The van der Waals surface area contributed by atoms with Crippen molar-refractivity contribution in [1.82, 2.24) is 10.6 Å². The predicted octanol–water partition coefficient (Wildman–Crippen LogP) is 2.58. The molecule has 1 aliphatic heterocycles. The normalized spacial score (nSPS) is 15.6. The van der Waals surface area contributed by atoms with E-state index in [9.17, 15) is 9.59 Å². The second kappa shape index (κ2) is 10.4. The largest absolute Gasteiger partial charge is 0.497 e. The van der Waals surface area contributed by atoms with Gasteiger partial charge in [-0.1, -0.05) is 18.2 Å². The molecule has 0 aromatic heterocycles. The van der Waals surface area contributed by atoms with Crippen molar-refractivity contribution in [3.05, 3.63) is 70.8 Å². The van der Waals surface area contributed by atoms with Gasteiger partial charge in [0.25, 0.3) is 5.91 Å². The average Bonchev–Trinajstić information content (AvgIpc) is 2.78. The highest BCUT2D eigenvalue weighted by atomic mass is 16.5. The fourth-order valence-electron chi connectivity index (χ4n) is 3.69. The molecule has 7 nitrogen and oxygen atoms in total. The lowest BCUT2D eigenvalue weighted by Gasteiger charge is -2.35. The zero-order valence-electron chi connectivity index (χ0n) is 18.7. The third-order valence-electron chi connectivity index (χ3n) is 5.16. The van der Waals surface area contributed by atoms with Crippen molar-refractivity contribution in [3.8, 4) is 5.75 Å². The van der Waals surface area contributed by atoms with Gasteiger partial charge < -0.3 is 25.2 Å². The fourth-order valence-corrected chi connectivity index (χ4v) is 3.69. The van der Waals surface area contributed by atoms with Crippen molar-refractivity contribution in [1.29, 1.82) is 0 Å². The molecule has 0 radical (unpaired) electrons. The van der Waals surface area contributed by atoms with E-state index in [-0.39, 0.29) is 30.4 Å². The molecule has 0 atom stereocenters. The Labute approximate surface area is 188 Å². The highest BCUT2D eigenvalue weighted by Crippen LogP contribution is 2.32. The summed E-state index contributed by atoms with van der Waals surface area (Å²) < 4.78 is 10.5. The Morgan fingerprint density at radius 3 is 2.69 bits per heavy atom. The third kappa shape index (κ3) is 5.96. The van der Waals surface area contributed by atoms with Gasteiger partial charge in [0, 0.05) is 40.5 Å². The molecular formula is C25H30N2O5. The van der Waals surface area contributed by atoms with E-state index in [4.69, 9.17) is 14.6 Å². The van der Waals surface area contributed by atoms with E-state index in [1.54, 1.807) is 37.5 Å². The summed E-state index contributed by atoms with van der Waals surface area (Å²) >= 11 is 0. The monoisotopic (exact) mass is 438 g/mol. The highest BCUT2D eigenvalue weighted by Gasteiger charge is 2.28. The molecule has 3 rings (SSSR count). The molecule has 0 saturated carbocycles. The van der Waals surface area contributed by atoms with Crippen LogP contribution in [0.1, 0.15) is 45.7 Å². The first-order valence-electron chi connectivity index (χ1n) is 10.6. The number of hydrogen-bond acceptors (Lipinski definition) is 6. The summed E-state index contributed by atoms with van der Waals surface area (Å²) in [7, 11) is 1.62. The van der Waals surface area contributed by atoms with Crippen LogP contribution in [0.3, 0.4) is 0 Å². The summed E-state index contributed by atoms with van der Waals surface area (Å²) in [6, 6.07) is 12.5. The van der Waals surface area contributed by atoms with Gasteiger partial charge in [0.2, 0.25) is 0 Å². The molecule has 1 amide bonds. The van der Waals surface area contributed by atoms with Crippen LogP contribution in [-0.2, 0) is 11.2 Å². The molecule has 2 aromatic carbocycles. The van der Waals surface area contributed by atoms with Gasteiger partial charge in [-0.3, -0.25) is 9.59 Å². The Hall–Kier alpha value is -3.16. The van der Waals surface area contributed by atoms with Crippen LogP contribution in [0.15, 0.2) is 48.5 Å². The minimum Gasteiger partial charge on any atom is -0.497 e. The highest BCUT2D eigenvalue weighted by molar-refractivity contribution is 6.10. The number of benzene rings is 2. The number of hydrogen-bond donors (Lipinski definition) is 3. The maximum Gasteiger partial charge on any atom is 0.251 e. The SMILES string of the molecule is COc1ccc2c(c1)C(=CC(=O)c1cccc(C(=O)NCCOCCO)c1)NC(C)(C)C2. The lowest BCUT2D eigenvalue weighted by Crippen LogP contribution is -2.43. The Morgan fingerprint density at radius 1 is 1.16 bits per heavy atom. The number of carbonyl (C=O) groups excluding carboxylic acids is 2. The lowest BCUT2D eigenvalue weighted by molar-refractivity contribution is 0.0838. The van der Waals surface area contributed by atoms with Crippen molar-refractivity contribution < 1.29 is 24.2 Å². The summed E-state index contributed by atoms with van der Waals surface area (Å²) in [5, 5.41) is 14.9. The molecule has 0 spiro atoms. The molecule has 0 saturated heterocycles. The maximum absolute atomic E-state index is 13.1. The predicted molar refractivity (Wildman–Crippen MR) is 123 cm³/mol. The number of rotatable bonds is 9. The van der Waals surface area contributed by atoms with Crippen LogP contribution < -0.4 is 15.4 Å². The van der Waals surface area contributed by atoms with Crippen molar-refractivity contribution in [2.75, 3.05) is 33.5 Å². The summed E-state index contributed by atoms with van der Waals surface area (Å²) in [6.07, 6.45) is 2.41. The maximum atomic E-state index is 13.1. The number of aliphatic hydroxyl groups is 1. The fraction of sp³-hybridized carbons (Fsp3) is 0.360. The zero-order valence-corrected chi connectivity index (χ0v) is 18.7. The van der Waals surface area contributed by atoms with Gasteiger partial charge in [-0.05, 0) is 50.1 Å². The zero-order chi connectivity index (χ0) is 23.1. The van der Waals surface area contributed by atoms with Crippen LogP contribution in [0.2, 0.25) is 0 Å². The number of carbonyl (C=O) groups is 2. The first kappa shape index (κ1) is 23.5.